The van der Waals surface area contributed by atoms with Crippen molar-refractivity contribution in [1.82, 2.24) is 34.4 Å². The first-order valence-electron chi connectivity index (χ1n) is 10.4. The minimum atomic E-state index is 0.236. The van der Waals surface area contributed by atoms with Crippen LogP contribution in [0.1, 0.15) is 32.1 Å². The summed E-state index contributed by atoms with van der Waals surface area (Å²) in [5.74, 6) is 1.24. The normalized spacial score (nSPS) is 19.4. The van der Waals surface area contributed by atoms with Gasteiger partial charge in [0.05, 0.1) is 12.7 Å². The average Bonchev–Trinajstić information content (AvgIpc) is 3.43. The van der Waals surface area contributed by atoms with Crippen LogP contribution >= 0.6 is 0 Å². The summed E-state index contributed by atoms with van der Waals surface area (Å²) in [6, 6.07) is 0. The number of carbonyl (C=O) groups excluding carboxylic acids is 1. The summed E-state index contributed by atoms with van der Waals surface area (Å²) in [6.07, 6.45) is 13.7. The summed E-state index contributed by atoms with van der Waals surface area (Å²) in [6.45, 7) is 4.50. The number of aromatic amines is 1. The Morgan fingerprint density at radius 2 is 2.00 bits per heavy atom. The number of likely N-dealkylation sites (tertiary alicyclic amines) is 1. The van der Waals surface area contributed by atoms with Crippen molar-refractivity contribution in [2.24, 2.45) is 5.41 Å². The highest BCUT2D eigenvalue weighted by Crippen LogP contribution is 2.41. The van der Waals surface area contributed by atoms with E-state index in [-0.39, 0.29) is 5.41 Å². The number of carbonyl (C=O) groups is 1. The number of nitrogens with one attached hydrogen (secondary N) is 1. The molecule has 0 aliphatic carbocycles. The molecule has 2 aliphatic rings. The molecule has 0 radical (unpaired) electrons. The van der Waals surface area contributed by atoms with Gasteiger partial charge in [0.1, 0.15) is 11.8 Å². The second kappa shape index (κ2) is 7.46. The molecule has 9 nitrogen and oxygen atoms in total. The molecular formula is C20H26N8O. The van der Waals surface area contributed by atoms with E-state index in [0.717, 1.165) is 69.7 Å². The van der Waals surface area contributed by atoms with Gasteiger partial charge >= 0.3 is 0 Å². The molecule has 2 aliphatic heterocycles. The number of nitrogens with zero attached hydrogens (tertiary/aromatic N) is 7. The SMILES string of the molecule is O=C1CCC2(CCN(c3ncnc4nc[nH]c34)CC2)CN1CCCn1ccnc1. The minimum Gasteiger partial charge on any atom is -0.355 e. The van der Waals surface area contributed by atoms with E-state index in [2.05, 4.69) is 39.3 Å². The molecule has 0 bridgehead atoms. The number of rotatable bonds is 5. The van der Waals surface area contributed by atoms with Crippen LogP contribution in [-0.2, 0) is 11.3 Å². The Hall–Kier alpha value is -2.97. The number of imidazole rings is 2. The van der Waals surface area contributed by atoms with Gasteiger partial charge in [0.2, 0.25) is 5.91 Å². The summed E-state index contributed by atoms with van der Waals surface area (Å²) < 4.78 is 2.07. The van der Waals surface area contributed by atoms with Crippen LogP contribution in [0.15, 0.2) is 31.4 Å². The zero-order chi connectivity index (χ0) is 19.7. The molecule has 3 aromatic rings. The van der Waals surface area contributed by atoms with Gasteiger partial charge in [0.15, 0.2) is 11.5 Å². The van der Waals surface area contributed by atoms with E-state index in [9.17, 15) is 4.79 Å². The van der Waals surface area contributed by atoms with E-state index in [1.807, 2.05) is 12.5 Å². The third-order valence-corrected chi connectivity index (χ3v) is 6.48. The lowest BCUT2D eigenvalue weighted by Gasteiger charge is -2.47. The van der Waals surface area contributed by atoms with Crippen LogP contribution in [0.25, 0.3) is 11.2 Å². The zero-order valence-electron chi connectivity index (χ0n) is 16.5. The molecule has 5 rings (SSSR count). The minimum absolute atomic E-state index is 0.236. The number of piperidine rings is 2. The average molecular weight is 394 g/mol. The van der Waals surface area contributed by atoms with Gasteiger partial charge in [-0.2, -0.15) is 0 Å². The maximum Gasteiger partial charge on any atom is 0.222 e. The molecule has 1 N–H and O–H groups in total. The van der Waals surface area contributed by atoms with E-state index in [4.69, 9.17) is 0 Å². The second-order valence-corrected chi connectivity index (χ2v) is 8.25. The van der Waals surface area contributed by atoms with Gasteiger partial charge in [-0.3, -0.25) is 4.79 Å². The molecule has 1 spiro atoms. The Morgan fingerprint density at radius 3 is 2.83 bits per heavy atom. The maximum absolute atomic E-state index is 12.5. The Labute approximate surface area is 169 Å². The van der Waals surface area contributed by atoms with Crippen molar-refractivity contribution in [3.05, 3.63) is 31.4 Å². The van der Waals surface area contributed by atoms with Crippen molar-refractivity contribution in [1.29, 1.82) is 0 Å². The first-order chi connectivity index (χ1) is 14.2. The van der Waals surface area contributed by atoms with Gasteiger partial charge in [0.25, 0.3) is 0 Å². The van der Waals surface area contributed by atoms with Gasteiger partial charge in [-0.15, -0.1) is 0 Å². The van der Waals surface area contributed by atoms with Crippen molar-refractivity contribution in [3.63, 3.8) is 0 Å². The number of hydrogen-bond acceptors (Lipinski definition) is 6. The largest absolute Gasteiger partial charge is 0.355 e. The Kier molecular flexibility index (Phi) is 4.65. The van der Waals surface area contributed by atoms with Crippen LogP contribution in [0.5, 0.6) is 0 Å². The molecule has 3 aromatic heterocycles. The third-order valence-electron chi connectivity index (χ3n) is 6.48. The molecule has 29 heavy (non-hydrogen) atoms. The number of fused-ring (bicyclic) bond motifs is 1. The topological polar surface area (TPSA) is 95.8 Å². The first-order valence-corrected chi connectivity index (χ1v) is 10.4. The van der Waals surface area contributed by atoms with Crippen molar-refractivity contribution >= 4 is 22.9 Å². The van der Waals surface area contributed by atoms with Crippen molar-refractivity contribution < 1.29 is 4.79 Å². The van der Waals surface area contributed by atoms with Crippen LogP contribution in [0.3, 0.4) is 0 Å². The maximum atomic E-state index is 12.5. The lowest BCUT2D eigenvalue weighted by molar-refractivity contribution is -0.138. The predicted molar refractivity (Wildman–Crippen MR) is 108 cm³/mol. The molecule has 0 saturated carbocycles. The highest BCUT2D eigenvalue weighted by atomic mass is 16.2. The van der Waals surface area contributed by atoms with Gasteiger partial charge in [-0.1, -0.05) is 0 Å². The molecule has 0 atom stereocenters. The van der Waals surface area contributed by atoms with Gasteiger partial charge in [-0.05, 0) is 31.1 Å². The van der Waals surface area contributed by atoms with E-state index in [1.54, 1.807) is 18.9 Å². The summed E-state index contributed by atoms with van der Waals surface area (Å²) in [5, 5.41) is 0. The molecular weight excluding hydrogens is 368 g/mol. The fourth-order valence-electron chi connectivity index (χ4n) is 4.76. The van der Waals surface area contributed by atoms with Crippen molar-refractivity contribution in [3.8, 4) is 0 Å². The Balaban J connectivity index is 1.21. The van der Waals surface area contributed by atoms with Crippen LogP contribution in [0.2, 0.25) is 0 Å². The number of hydrogen-bond donors (Lipinski definition) is 1. The van der Waals surface area contributed by atoms with Crippen molar-refractivity contribution in [2.75, 3.05) is 31.1 Å². The number of amides is 1. The molecule has 5 heterocycles. The summed E-state index contributed by atoms with van der Waals surface area (Å²) in [5.41, 5.74) is 1.85. The Bertz CT molecular complexity index is 973. The summed E-state index contributed by atoms with van der Waals surface area (Å²) in [7, 11) is 0. The van der Waals surface area contributed by atoms with E-state index < -0.39 is 0 Å². The first kappa shape index (κ1) is 18.1. The quantitative estimate of drug-likeness (QED) is 0.709. The molecule has 0 unspecified atom stereocenters. The van der Waals surface area contributed by atoms with Gasteiger partial charge < -0.3 is 19.4 Å². The molecule has 0 aromatic carbocycles. The van der Waals surface area contributed by atoms with Crippen LogP contribution in [0.4, 0.5) is 5.82 Å². The molecule has 2 saturated heterocycles. The van der Waals surface area contributed by atoms with Crippen LogP contribution in [-0.4, -0.2) is 66.5 Å². The lowest BCUT2D eigenvalue weighted by atomic mass is 9.72. The smallest absolute Gasteiger partial charge is 0.222 e. The summed E-state index contributed by atoms with van der Waals surface area (Å²) in [4.78, 5) is 37.1. The zero-order valence-corrected chi connectivity index (χ0v) is 16.5. The van der Waals surface area contributed by atoms with Crippen LogP contribution < -0.4 is 4.90 Å². The lowest BCUT2D eigenvalue weighted by Crippen LogP contribution is -2.52. The Morgan fingerprint density at radius 1 is 1.10 bits per heavy atom. The highest BCUT2D eigenvalue weighted by molar-refractivity contribution is 5.82. The van der Waals surface area contributed by atoms with Crippen LogP contribution in [0, 0.1) is 5.41 Å². The van der Waals surface area contributed by atoms with Crippen molar-refractivity contribution in [2.45, 2.75) is 38.6 Å². The number of aromatic nitrogens is 6. The van der Waals surface area contributed by atoms with E-state index in [1.165, 1.54) is 0 Å². The highest BCUT2D eigenvalue weighted by Gasteiger charge is 2.41. The number of anilines is 1. The molecule has 1 amide bonds. The van der Waals surface area contributed by atoms with Gasteiger partial charge in [0, 0.05) is 51.5 Å². The summed E-state index contributed by atoms with van der Waals surface area (Å²) >= 11 is 0. The fourth-order valence-corrected chi connectivity index (χ4v) is 4.76. The van der Waals surface area contributed by atoms with E-state index >= 15 is 0 Å². The fraction of sp³-hybridized carbons (Fsp3) is 0.550. The molecule has 9 heteroatoms. The predicted octanol–water partition coefficient (Wildman–Crippen LogP) is 1.85. The van der Waals surface area contributed by atoms with Gasteiger partial charge in [-0.25, -0.2) is 19.9 Å². The standard InChI is InChI=1S/C20H26N8O/c29-16-2-3-20(12-28(16)8-1-7-26-11-6-21-15-26)4-9-27(10-5-20)19-17-18(23-13-22-17)24-14-25-19/h6,11,13-15H,1-5,7-10,12H2,(H,22,23,24,25). The molecule has 2 fully saturated rings. The number of aryl methyl sites for hydroxylation is 1. The second-order valence-electron chi connectivity index (χ2n) is 8.25. The molecule has 152 valence electrons. The van der Waals surface area contributed by atoms with E-state index in [0.29, 0.717) is 18.0 Å². The number of H-pyrrole nitrogens is 1. The third kappa shape index (κ3) is 3.56. The monoisotopic (exact) mass is 394 g/mol.